The fourth-order valence-electron chi connectivity index (χ4n) is 5.82. The van der Waals surface area contributed by atoms with Crippen LogP contribution in [-0.4, -0.2) is 44.9 Å². The number of Topliss-reactive ketones (excluding diaryl/α,β-unsaturated/α-hetero) is 1. The fraction of sp³-hybridized carbons (Fsp3) is 0.222. The van der Waals surface area contributed by atoms with E-state index in [4.69, 9.17) is 0 Å². The zero-order chi connectivity index (χ0) is 31.3. The highest BCUT2D eigenvalue weighted by atomic mass is 19.1. The van der Waals surface area contributed by atoms with Gasteiger partial charge in [-0.2, -0.15) is 0 Å². The van der Waals surface area contributed by atoms with Crippen molar-refractivity contribution in [3.63, 3.8) is 0 Å². The van der Waals surface area contributed by atoms with Crippen LogP contribution in [-0.2, 0) is 19.6 Å². The molecule has 6 rings (SSSR count). The molecular weight excluding hydrogens is 571 g/mol. The molecule has 0 radical (unpaired) electrons. The van der Waals surface area contributed by atoms with Crippen molar-refractivity contribution < 1.29 is 14.0 Å². The van der Waals surface area contributed by atoms with Crippen LogP contribution in [0.4, 0.5) is 4.39 Å². The highest BCUT2D eigenvalue weighted by Crippen LogP contribution is 2.16. The first kappa shape index (κ1) is 29.9. The minimum absolute atomic E-state index is 0.0327. The number of nitrogens with one attached hydrogen (secondary N) is 1. The lowest BCUT2D eigenvalue weighted by atomic mass is 10.0. The van der Waals surface area contributed by atoms with Gasteiger partial charge in [0.15, 0.2) is 5.78 Å². The largest absolute Gasteiger partial charge is 0.349 e. The summed E-state index contributed by atoms with van der Waals surface area (Å²) in [5.74, 6) is -1.01. The van der Waals surface area contributed by atoms with Gasteiger partial charge in [-0.15, -0.1) is 0 Å². The molecule has 1 amide bonds. The third-order valence-electron chi connectivity index (χ3n) is 8.33. The molecule has 4 aromatic carbocycles. The van der Waals surface area contributed by atoms with Gasteiger partial charge in [-0.1, -0.05) is 54.6 Å². The summed E-state index contributed by atoms with van der Waals surface area (Å²) in [5, 5.41) is 3.44. The van der Waals surface area contributed by atoms with Gasteiger partial charge in [-0.3, -0.25) is 28.4 Å². The second-order valence-corrected chi connectivity index (χ2v) is 11.4. The number of rotatable bonds is 9. The standard InChI is InChI=1S/C36H33FN4O4/c37-29-16-14-27(15-17-29)33(42)24-40-32-9-5-4-8-31(32)35(44)41(36(40)45)23-26-10-12-28(13-11-26)34(43)38-30-18-20-39(21-19-30)22-25-6-2-1-3-7-25/h1-17,30H,18-24H2,(H,38,43). The predicted octanol–water partition coefficient (Wildman–Crippen LogP) is 4.63. The van der Waals surface area contributed by atoms with Crippen molar-refractivity contribution in [2.45, 2.75) is 38.5 Å². The molecule has 45 heavy (non-hydrogen) atoms. The Morgan fingerprint density at radius 1 is 0.711 bits per heavy atom. The van der Waals surface area contributed by atoms with Crippen molar-refractivity contribution in [1.82, 2.24) is 19.4 Å². The third kappa shape index (κ3) is 6.84. The number of likely N-dealkylation sites (tertiary alicyclic amines) is 1. The van der Waals surface area contributed by atoms with Crippen molar-refractivity contribution in [2.75, 3.05) is 13.1 Å². The van der Waals surface area contributed by atoms with E-state index in [9.17, 15) is 23.6 Å². The summed E-state index contributed by atoms with van der Waals surface area (Å²) in [7, 11) is 0. The van der Waals surface area contributed by atoms with E-state index in [0.29, 0.717) is 22.0 Å². The van der Waals surface area contributed by atoms with Gasteiger partial charge in [0, 0.05) is 36.8 Å². The maximum absolute atomic E-state index is 13.6. The molecule has 1 saturated heterocycles. The number of fused-ring (bicyclic) bond motifs is 1. The number of carbonyl (C=O) groups excluding carboxylic acids is 2. The van der Waals surface area contributed by atoms with E-state index >= 15 is 0 Å². The van der Waals surface area contributed by atoms with Crippen LogP contribution in [0.1, 0.15) is 44.7 Å². The normalized spacial score (nSPS) is 14.0. The average molecular weight is 605 g/mol. The first-order chi connectivity index (χ1) is 21.9. The number of hydrogen-bond donors (Lipinski definition) is 1. The molecule has 0 atom stereocenters. The highest BCUT2D eigenvalue weighted by Gasteiger charge is 2.22. The number of piperidine rings is 1. The topological polar surface area (TPSA) is 93.4 Å². The van der Waals surface area contributed by atoms with Crippen LogP contribution in [0.25, 0.3) is 10.9 Å². The predicted molar refractivity (Wildman–Crippen MR) is 171 cm³/mol. The maximum Gasteiger partial charge on any atom is 0.332 e. The lowest BCUT2D eigenvalue weighted by Gasteiger charge is -2.32. The third-order valence-corrected chi connectivity index (χ3v) is 8.33. The number of aromatic nitrogens is 2. The van der Waals surface area contributed by atoms with Gasteiger partial charge >= 0.3 is 5.69 Å². The van der Waals surface area contributed by atoms with Crippen molar-refractivity contribution in [1.29, 1.82) is 0 Å². The van der Waals surface area contributed by atoms with Crippen LogP contribution in [0.15, 0.2) is 113 Å². The molecule has 0 spiro atoms. The lowest BCUT2D eigenvalue weighted by molar-refractivity contribution is 0.0908. The average Bonchev–Trinajstić information content (AvgIpc) is 3.07. The van der Waals surface area contributed by atoms with Crippen molar-refractivity contribution in [3.8, 4) is 0 Å². The Hall–Kier alpha value is -5.15. The molecular formula is C36H33FN4O4. The van der Waals surface area contributed by atoms with E-state index in [2.05, 4.69) is 22.3 Å². The Kier molecular flexibility index (Phi) is 8.79. The van der Waals surface area contributed by atoms with Gasteiger partial charge in [-0.05, 0) is 72.5 Å². The molecule has 1 fully saturated rings. The summed E-state index contributed by atoms with van der Waals surface area (Å²) < 4.78 is 15.7. The fourth-order valence-corrected chi connectivity index (χ4v) is 5.82. The number of halogens is 1. The summed E-state index contributed by atoms with van der Waals surface area (Å²) in [6.45, 7) is 2.38. The number of carbonyl (C=O) groups is 2. The van der Waals surface area contributed by atoms with E-state index in [1.54, 1.807) is 48.5 Å². The SMILES string of the molecule is O=C(Cn1c(=O)n(Cc2ccc(C(=O)NC3CCN(Cc4ccccc4)CC3)cc2)c(=O)c2ccccc21)c1ccc(F)cc1. The zero-order valence-corrected chi connectivity index (χ0v) is 24.7. The van der Waals surface area contributed by atoms with Crippen molar-refractivity contribution in [3.05, 3.63) is 152 Å². The minimum Gasteiger partial charge on any atom is -0.349 e. The summed E-state index contributed by atoms with van der Waals surface area (Å²) in [5.41, 5.74) is 1.94. The second kappa shape index (κ2) is 13.2. The Balaban J connectivity index is 1.14. The van der Waals surface area contributed by atoms with Gasteiger partial charge < -0.3 is 5.32 Å². The molecule has 8 nitrogen and oxygen atoms in total. The number of benzene rings is 4. The van der Waals surface area contributed by atoms with Crippen molar-refractivity contribution in [2.24, 2.45) is 0 Å². The Morgan fingerprint density at radius 3 is 2.04 bits per heavy atom. The van der Waals surface area contributed by atoms with E-state index in [-0.39, 0.29) is 36.4 Å². The quantitative estimate of drug-likeness (QED) is 0.248. The van der Waals surface area contributed by atoms with Gasteiger partial charge in [0.05, 0.1) is 24.0 Å². The lowest BCUT2D eigenvalue weighted by Crippen LogP contribution is -2.44. The molecule has 0 aliphatic carbocycles. The van der Waals surface area contributed by atoms with Crippen LogP contribution in [0, 0.1) is 5.82 Å². The number of nitrogens with zero attached hydrogens (tertiary/aromatic N) is 3. The molecule has 2 heterocycles. The highest BCUT2D eigenvalue weighted by molar-refractivity contribution is 5.96. The molecule has 5 aromatic rings. The Bertz CT molecular complexity index is 1940. The molecule has 1 N–H and O–H groups in total. The Morgan fingerprint density at radius 2 is 1.33 bits per heavy atom. The molecule has 1 aliphatic heterocycles. The molecule has 0 bridgehead atoms. The number of amides is 1. The van der Waals surface area contributed by atoms with Gasteiger partial charge in [0.1, 0.15) is 5.82 Å². The number of hydrogen-bond acceptors (Lipinski definition) is 5. The second-order valence-electron chi connectivity index (χ2n) is 11.4. The summed E-state index contributed by atoms with van der Waals surface area (Å²) in [6.07, 6.45) is 1.74. The zero-order valence-electron chi connectivity index (χ0n) is 24.7. The molecule has 228 valence electrons. The minimum atomic E-state index is -0.630. The first-order valence-electron chi connectivity index (χ1n) is 15.0. The van der Waals surface area contributed by atoms with E-state index in [1.807, 2.05) is 18.2 Å². The van der Waals surface area contributed by atoms with E-state index < -0.39 is 17.1 Å². The number of para-hydroxylation sites is 1. The summed E-state index contributed by atoms with van der Waals surface area (Å²) in [6, 6.07) is 29.0. The van der Waals surface area contributed by atoms with Crippen LogP contribution in [0.5, 0.6) is 0 Å². The maximum atomic E-state index is 13.6. The molecule has 0 unspecified atom stereocenters. The molecule has 9 heteroatoms. The van der Waals surface area contributed by atoms with Crippen LogP contribution < -0.4 is 16.6 Å². The van der Waals surface area contributed by atoms with Crippen LogP contribution in [0.2, 0.25) is 0 Å². The van der Waals surface area contributed by atoms with Crippen molar-refractivity contribution >= 4 is 22.6 Å². The van der Waals surface area contributed by atoms with E-state index in [0.717, 1.165) is 37.0 Å². The summed E-state index contributed by atoms with van der Waals surface area (Å²) in [4.78, 5) is 55.4. The van der Waals surface area contributed by atoms with Crippen LogP contribution >= 0.6 is 0 Å². The Labute approximate surface area is 259 Å². The molecule has 0 saturated carbocycles. The van der Waals surface area contributed by atoms with Gasteiger partial charge in [0.25, 0.3) is 11.5 Å². The van der Waals surface area contributed by atoms with E-state index in [1.165, 1.54) is 34.4 Å². The van der Waals surface area contributed by atoms with Crippen LogP contribution in [0.3, 0.4) is 0 Å². The monoisotopic (exact) mass is 604 g/mol. The van der Waals surface area contributed by atoms with Gasteiger partial charge in [-0.25, -0.2) is 9.18 Å². The summed E-state index contributed by atoms with van der Waals surface area (Å²) >= 11 is 0. The van der Waals surface area contributed by atoms with Gasteiger partial charge in [0.2, 0.25) is 0 Å². The molecule has 1 aliphatic rings. The smallest absolute Gasteiger partial charge is 0.332 e. The number of ketones is 1. The molecule has 1 aromatic heterocycles. The first-order valence-corrected chi connectivity index (χ1v) is 15.0.